The summed E-state index contributed by atoms with van der Waals surface area (Å²) in [6.07, 6.45) is 70.4. The molecule has 8 unspecified atom stereocenters. The molecule has 81 heavy (non-hydrogen) atoms. The lowest BCUT2D eigenvalue weighted by Gasteiger charge is -2.41. The van der Waals surface area contributed by atoms with E-state index in [9.17, 15) is 35.1 Å². The van der Waals surface area contributed by atoms with Crippen molar-refractivity contribution in [2.24, 2.45) is 0 Å². The van der Waals surface area contributed by atoms with Crippen molar-refractivity contribution in [3.63, 3.8) is 0 Å². The number of rotatable bonds is 51. The number of hydrogen-bond acceptors (Lipinski definition) is 10. The molecule has 0 aromatic rings. The zero-order valence-corrected chi connectivity index (χ0v) is 50.6. The number of nitrogens with one attached hydrogen (secondary N) is 1. The van der Waals surface area contributed by atoms with Crippen LogP contribution in [0.1, 0.15) is 220 Å². The second-order valence-electron chi connectivity index (χ2n) is 21.0. The van der Waals surface area contributed by atoms with Gasteiger partial charge in [-0.15, -0.1) is 0 Å². The van der Waals surface area contributed by atoms with Gasteiger partial charge in [0.15, 0.2) is 12.4 Å². The highest BCUT2D eigenvalue weighted by Gasteiger charge is 2.47. The number of allylic oxidation sites excluding steroid dienone is 23. The lowest BCUT2D eigenvalue weighted by atomic mass is 9.99. The van der Waals surface area contributed by atoms with Crippen LogP contribution in [-0.4, -0.2) is 99.6 Å². The molecule has 0 radical (unpaired) electrons. The van der Waals surface area contributed by atoms with Crippen molar-refractivity contribution in [2.75, 3.05) is 13.2 Å². The highest BCUT2D eigenvalue weighted by atomic mass is 16.7. The standard InChI is InChI=1S/C70H113NO10/c1-4-7-10-13-16-19-22-24-26-28-30-31-32-34-35-37-39-42-45-48-51-54-57-63(74)69(78)71-61(62(73)56-53-50-47-44-41-21-18-15-12-9-6-3)60-79-70-68(67(77)66(76)64(59-72)80-70)81-65(75)58-55-52-49-46-43-40-38-36-33-29-27-25-23-20-17-14-11-8-5-2/h7-8,10-11,16-17,19-20,24-27,30-31,33-36,40,43,49,52-53,56,61-64,66-68,70,72-74,76-77H,4-6,9,12-15,18,21-23,28-29,32,37-39,41-42,44-48,50-51,54-55,57-60H2,1-3H3,(H,71,78)/b10-7-,11-8-,19-16-,20-17-,26-24-,27-25-,31-30-,35-34-,36-33-,43-40-,52-49-,56-53+. The molecule has 1 heterocycles. The van der Waals surface area contributed by atoms with E-state index in [0.717, 1.165) is 128 Å². The number of hydrogen-bond donors (Lipinski definition) is 6. The third-order valence-electron chi connectivity index (χ3n) is 13.7. The summed E-state index contributed by atoms with van der Waals surface area (Å²) in [7, 11) is 0. The Balaban J connectivity index is 2.71. The third-order valence-corrected chi connectivity index (χ3v) is 13.7. The van der Waals surface area contributed by atoms with Gasteiger partial charge in [0.25, 0.3) is 0 Å². The molecule has 0 aromatic heterocycles. The van der Waals surface area contributed by atoms with Gasteiger partial charge in [-0.25, -0.2) is 0 Å². The maximum Gasteiger partial charge on any atom is 0.306 e. The summed E-state index contributed by atoms with van der Waals surface area (Å²) in [4.78, 5) is 26.5. The van der Waals surface area contributed by atoms with E-state index in [4.69, 9.17) is 14.2 Å². The first-order valence-corrected chi connectivity index (χ1v) is 31.6. The van der Waals surface area contributed by atoms with E-state index in [1.807, 2.05) is 18.2 Å². The van der Waals surface area contributed by atoms with Gasteiger partial charge in [-0.3, -0.25) is 9.59 Å². The number of carbonyl (C=O) groups is 2. The van der Waals surface area contributed by atoms with Crippen LogP contribution >= 0.6 is 0 Å². The molecule has 0 saturated carbocycles. The minimum atomic E-state index is -1.66. The van der Waals surface area contributed by atoms with Crippen LogP contribution in [-0.2, 0) is 23.8 Å². The highest BCUT2D eigenvalue weighted by molar-refractivity contribution is 5.80. The summed E-state index contributed by atoms with van der Waals surface area (Å²) < 4.78 is 17.5. The quantitative estimate of drug-likeness (QED) is 0.0195. The molecule has 6 N–H and O–H groups in total. The molecule has 1 aliphatic rings. The molecule has 1 amide bonds. The SMILES string of the molecule is CC/C=C\C/C=C\C/C=C\C/C=C\C/C=C\C/C=C\CCC(=O)OC1C(OCC(NC(=O)C(O)CCCCCCCC/C=C\C/C=C\C/C=C\C/C=C\C/C=C\CC)C(O)/C=C/CCCCCCCCCCC)OC(CO)C(O)C1O. The highest BCUT2D eigenvalue weighted by Crippen LogP contribution is 2.26. The fourth-order valence-electron chi connectivity index (χ4n) is 8.82. The molecule has 1 aliphatic heterocycles. The first kappa shape index (κ1) is 74.6. The summed E-state index contributed by atoms with van der Waals surface area (Å²) in [6.45, 7) is 5.49. The minimum Gasteiger partial charge on any atom is -0.454 e. The second-order valence-corrected chi connectivity index (χ2v) is 21.0. The molecular weight excluding hydrogens is 1010 g/mol. The summed E-state index contributed by atoms with van der Waals surface area (Å²) in [6, 6.07) is -1.06. The number of esters is 1. The fraction of sp³-hybridized carbons (Fsp3) is 0.629. The van der Waals surface area contributed by atoms with Crippen molar-refractivity contribution >= 4 is 11.9 Å². The van der Waals surface area contributed by atoms with Crippen LogP contribution in [0.25, 0.3) is 0 Å². The molecule has 458 valence electrons. The average Bonchev–Trinajstić information content (AvgIpc) is 3.50. The van der Waals surface area contributed by atoms with E-state index >= 15 is 0 Å². The Kier molecular flexibility index (Phi) is 51.6. The van der Waals surface area contributed by atoms with Crippen molar-refractivity contribution in [1.29, 1.82) is 0 Å². The number of carbonyl (C=O) groups excluding carboxylic acids is 2. The van der Waals surface area contributed by atoms with Gasteiger partial charge in [0.2, 0.25) is 5.91 Å². The number of ether oxygens (including phenoxy) is 3. The van der Waals surface area contributed by atoms with E-state index in [-0.39, 0.29) is 19.4 Å². The Morgan fingerprint density at radius 1 is 0.494 bits per heavy atom. The van der Waals surface area contributed by atoms with E-state index < -0.39 is 67.4 Å². The molecule has 1 saturated heterocycles. The van der Waals surface area contributed by atoms with Gasteiger partial charge in [0, 0.05) is 6.42 Å². The van der Waals surface area contributed by atoms with Crippen LogP contribution in [0.4, 0.5) is 0 Å². The fourth-order valence-corrected chi connectivity index (χ4v) is 8.82. The van der Waals surface area contributed by atoms with E-state index in [1.165, 1.54) is 38.5 Å². The molecule has 11 nitrogen and oxygen atoms in total. The van der Waals surface area contributed by atoms with Crippen molar-refractivity contribution in [3.05, 3.63) is 146 Å². The van der Waals surface area contributed by atoms with Gasteiger partial charge in [-0.05, 0) is 109 Å². The van der Waals surface area contributed by atoms with Crippen LogP contribution in [0.15, 0.2) is 146 Å². The molecule has 0 bridgehead atoms. The second kappa shape index (κ2) is 56.0. The average molecular weight is 1130 g/mol. The summed E-state index contributed by atoms with van der Waals surface area (Å²) in [5.74, 6) is -1.31. The summed E-state index contributed by atoms with van der Waals surface area (Å²) >= 11 is 0. The van der Waals surface area contributed by atoms with Crippen LogP contribution in [0.2, 0.25) is 0 Å². The number of amides is 1. The molecule has 11 heteroatoms. The van der Waals surface area contributed by atoms with E-state index in [0.29, 0.717) is 19.3 Å². The maximum atomic E-state index is 13.4. The lowest BCUT2D eigenvalue weighted by Crippen LogP contribution is -2.61. The number of unbranched alkanes of at least 4 members (excludes halogenated alkanes) is 15. The van der Waals surface area contributed by atoms with Crippen molar-refractivity contribution < 1.29 is 49.3 Å². The van der Waals surface area contributed by atoms with Crippen molar-refractivity contribution in [1.82, 2.24) is 5.32 Å². The number of aliphatic hydroxyl groups excluding tert-OH is 5. The summed E-state index contributed by atoms with van der Waals surface area (Å²) in [5.41, 5.74) is 0. The van der Waals surface area contributed by atoms with Crippen molar-refractivity contribution in [3.8, 4) is 0 Å². The zero-order chi connectivity index (χ0) is 58.9. The third kappa shape index (κ3) is 43.8. The summed E-state index contributed by atoms with van der Waals surface area (Å²) in [5, 5.41) is 57.0. The Morgan fingerprint density at radius 2 is 0.889 bits per heavy atom. The molecular formula is C70H113NO10. The van der Waals surface area contributed by atoms with E-state index in [1.54, 1.807) is 6.08 Å². The normalized spacial score (nSPS) is 19.7. The smallest absolute Gasteiger partial charge is 0.306 e. The Hall–Kier alpha value is -4.46. The molecule has 1 fully saturated rings. The van der Waals surface area contributed by atoms with Crippen LogP contribution in [0.5, 0.6) is 0 Å². The lowest BCUT2D eigenvalue weighted by molar-refractivity contribution is -0.305. The zero-order valence-electron chi connectivity index (χ0n) is 50.6. The molecule has 0 spiro atoms. The first-order valence-electron chi connectivity index (χ1n) is 31.6. The van der Waals surface area contributed by atoms with Gasteiger partial charge in [-0.1, -0.05) is 250 Å². The molecule has 1 rings (SSSR count). The van der Waals surface area contributed by atoms with Crippen molar-refractivity contribution in [2.45, 2.75) is 269 Å². The predicted molar refractivity (Wildman–Crippen MR) is 337 cm³/mol. The van der Waals surface area contributed by atoms with Gasteiger partial charge in [0.1, 0.15) is 24.4 Å². The van der Waals surface area contributed by atoms with Crippen LogP contribution < -0.4 is 5.32 Å². The van der Waals surface area contributed by atoms with E-state index in [2.05, 4.69) is 148 Å². The maximum absolute atomic E-state index is 13.4. The topological polar surface area (TPSA) is 175 Å². The molecule has 8 atom stereocenters. The predicted octanol–water partition coefficient (Wildman–Crippen LogP) is 15.4. The minimum absolute atomic E-state index is 0.0114. The monoisotopic (exact) mass is 1130 g/mol. The Morgan fingerprint density at radius 3 is 1.33 bits per heavy atom. The molecule has 0 aliphatic carbocycles. The van der Waals surface area contributed by atoms with Gasteiger partial charge >= 0.3 is 5.97 Å². The van der Waals surface area contributed by atoms with Gasteiger partial charge < -0.3 is 45.1 Å². The van der Waals surface area contributed by atoms with Gasteiger partial charge in [0.05, 0.1) is 25.4 Å². The van der Waals surface area contributed by atoms with Crippen LogP contribution in [0.3, 0.4) is 0 Å². The Bertz CT molecular complexity index is 1870. The van der Waals surface area contributed by atoms with Crippen LogP contribution in [0, 0.1) is 0 Å². The Labute approximate surface area is 492 Å². The first-order chi connectivity index (χ1) is 39.7. The number of aliphatic hydroxyl groups is 5. The van der Waals surface area contributed by atoms with Gasteiger partial charge in [-0.2, -0.15) is 0 Å². The molecule has 0 aromatic carbocycles. The largest absolute Gasteiger partial charge is 0.454 e.